The number of carbonyl (C=O) groups is 1. The summed E-state index contributed by atoms with van der Waals surface area (Å²) in [6, 6.07) is 11.2. The van der Waals surface area contributed by atoms with Crippen LogP contribution in [-0.2, 0) is 21.2 Å². The Hall–Kier alpha value is -1.70. The van der Waals surface area contributed by atoms with Gasteiger partial charge < -0.3 is 4.90 Å². The van der Waals surface area contributed by atoms with Crippen molar-refractivity contribution in [1.82, 2.24) is 9.21 Å². The van der Waals surface area contributed by atoms with Crippen LogP contribution in [0.5, 0.6) is 0 Å². The number of hydrogen-bond acceptors (Lipinski definition) is 4. The van der Waals surface area contributed by atoms with Crippen LogP contribution in [0.3, 0.4) is 0 Å². The summed E-state index contributed by atoms with van der Waals surface area (Å²) in [4.78, 5) is 16.4. The normalized spacial score (nSPS) is 21.1. The quantitative estimate of drug-likeness (QED) is 0.742. The molecule has 2 saturated heterocycles. The first kappa shape index (κ1) is 19.6. The third-order valence-corrected chi connectivity index (χ3v) is 8.56. The summed E-state index contributed by atoms with van der Waals surface area (Å²) in [5.41, 5.74) is 0.861. The van der Waals surface area contributed by atoms with E-state index in [-0.39, 0.29) is 11.9 Å². The van der Waals surface area contributed by atoms with Gasteiger partial charge in [-0.3, -0.25) is 4.79 Å². The molecule has 1 amide bonds. The predicted molar refractivity (Wildman–Crippen MR) is 111 cm³/mol. The van der Waals surface area contributed by atoms with Crippen molar-refractivity contribution in [1.29, 1.82) is 0 Å². The van der Waals surface area contributed by atoms with Crippen LogP contribution in [-0.4, -0.2) is 43.2 Å². The van der Waals surface area contributed by atoms with Crippen LogP contribution >= 0.6 is 11.3 Å². The molecule has 1 unspecified atom stereocenters. The van der Waals surface area contributed by atoms with E-state index in [4.69, 9.17) is 0 Å². The number of rotatable bonds is 5. The molecule has 0 N–H and O–H groups in total. The molecule has 2 aliphatic heterocycles. The molecular weight excluding hydrogens is 392 g/mol. The number of benzene rings is 1. The highest BCUT2D eigenvalue weighted by Gasteiger charge is 2.30. The summed E-state index contributed by atoms with van der Waals surface area (Å²) >= 11 is 1.70. The lowest BCUT2D eigenvalue weighted by Crippen LogP contribution is -2.35. The van der Waals surface area contributed by atoms with Crippen LogP contribution in [0.25, 0.3) is 0 Å². The standard InChI is InChI=1S/C21H26N2O3S2/c24-21(23-14-4-6-19(23)20-7-5-15-27-20)16-17-8-10-18(11-9-17)28(25,26)22-12-2-1-3-13-22/h5,7-11,15,19H,1-4,6,12-14,16H2. The Morgan fingerprint density at radius 2 is 1.75 bits per heavy atom. The van der Waals surface area contributed by atoms with E-state index in [1.165, 1.54) is 4.88 Å². The van der Waals surface area contributed by atoms with Gasteiger partial charge in [0.15, 0.2) is 0 Å². The van der Waals surface area contributed by atoms with Crippen molar-refractivity contribution in [3.63, 3.8) is 0 Å². The van der Waals surface area contributed by atoms with E-state index in [0.29, 0.717) is 24.4 Å². The van der Waals surface area contributed by atoms with Gasteiger partial charge in [-0.25, -0.2) is 8.42 Å². The van der Waals surface area contributed by atoms with Crippen molar-refractivity contribution in [3.8, 4) is 0 Å². The monoisotopic (exact) mass is 418 g/mol. The molecule has 5 nitrogen and oxygen atoms in total. The number of piperidine rings is 1. The summed E-state index contributed by atoms with van der Waals surface area (Å²) < 4.78 is 27.1. The minimum atomic E-state index is -3.42. The Morgan fingerprint density at radius 3 is 2.43 bits per heavy atom. The Kier molecular flexibility index (Phi) is 5.85. The summed E-state index contributed by atoms with van der Waals surface area (Å²) in [5, 5.41) is 2.05. The maximum Gasteiger partial charge on any atom is 0.243 e. The van der Waals surface area contributed by atoms with E-state index in [0.717, 1.165) is 44.2 Å². The molecule has 0 bridgehead atoms. The first-order valence-electron chi connectivity index (χ1n) is 9.98. The molecule has 0 aliphatic carbocycles. The van der Waals surface area contributed by atoms with Crippen LogP contribution < -0.4 is 0 Å². The van der Waals surface area contributed by atoms with Crippen LogP contribution in [0, 0.1) is 0 Å². The zero-order valence-corrected chi connectivity index (χ0v) is 17.6. The molecule has 4 rings (SSSR count). The molecule has 1 aromatic carbocycles. The maximum absolute atomic E-state index is 12.9. The molecular formula is C21H26N2O3S2. The minimum Gasteiger partial charge on any atom is -0.335 e. The van der Waals surface area contributed by atoms with Gasteiger partial charge in [-0.2, -0.15) is 4.31 Å². The molecule has 2 fully saturated rings. The Labute approximate surface area is 171 Å². The van der Waals surface area contributed by atoms with Crippen molar-refractivity contribution in [2.24, 2.45) is 0 Å². The second kappa shape index (κ2) is 8.35. The topological polar surface area (TPSA) is 57.7 Å². The van der Waals surface area contributed by atoms with Gasteiger partial charge >= 0.3 is 0 Å². The highest BCUT2D eigenvalue weighted by atomic mass is 32.2. The molecule has 7 heteroatoms. The van der Waals surface area contributed by atoms with Gasteiger partial charge in [-0.05, 0) is 54.8 Å². The fraction of sp³-hybridized carbons (Fsp3) is 0.476. The van der Waals surface area contributed by atoms with Crippen LogP contribution in [0.2, 0.25) is 0 Å². The predicted octanol–water partition coefficient (Wildman–Crippen LogP) is 3.83. The third kappa shape index (κ3) is 4.02. The van der Waals surface area contributed by atoms with Gasteiger partial charge in [0.05, 0.1) is 17.4 Å². The molecule has 0 saturated carbocycles. The smallest absolute Gasteiger partial charge is 0.243 e. The number of carbonyl (C=O) groups excluding carboxylic acids is 1. The van der Waals surface area contributed by atoms with Crippen molar-refractivity contribution >= 4 is 27.3 Å². The summed E-state index contributed by atoms with van der Waals surface area (Å²) in [6.07, 6.45) is 5.29. The zero-order valence-electron chi connectivity index (χ0n) is 15.9. The average molecular weight is 419 g/mol. The summed E-state index contributed by atoms with van der Waals surface area (Å²) in [5.74, 6) is 0.113. The number of likely N-dealkylation sites (tertiary alicyclic amines) is 1. The number of hydrogen-bond donors (Lipinski definition) is 0. The molecule has 28 heavy (non-hydrogen) atoms. The van der Waals surface area contributed by atoms with Crippen molar-refractivity contribution in [3.05, 3.63) is 52.2 Å². The molecule has 150 valence electrons. The fourth-order valence-electron chi connectivity index (χ4n) is 4.15. The maximum atomic E-state index is 12.9. The molecule has 2 aliphatic rings. The first-order valence-corrected chi connectivity index (χ1v) is 12.3. The van der Waals surface area contributed by atoms with E-state index >= 15 is 0 Å². The lowest BCUT2D eigenvalue weighted by Gasteiger charge is -2.26. The SMILES string of the molecule is O=C(Cc1ccc(S(=O)(=O)N2CCCCC2)cc1)N1CCCC1c1cccs1. The lowest BCUT2D eigenvalue weighted by atomic mass is 10.1. The largest absolute Gasteiger partial charge is 0.335 e. The Morgan fingerprint density at radius 1 is 1.00 bits per heavy atom. The first-order chi connectivity index (χ1) is 13.6. The van der Waals surface area contributed by atoms with Gasteiger partial charge in [0, 0.05) is 24.5 Å². The summed E-state index contributed by atoms with van der Waals surface area (Å²) in [6.45, 7) is 1.99. The second-order valence-electron chi connectivity index (χ2n) is 7.55. The van der Waals surface area contributed by atoms with E-state index in [1.54, 1.807) is 39.9 Å². The van der Waals surface area contributed by atoms with Gasteiger partial charge in [0.1, 0.15) is 0 Å². The van der Waals surface area contributed by atoms with Gasteiger partial charge in [-0.1, -0.05) is 24.6 Å². The molecule has 1 atom stereocenters. The minimum absolute atomic E-state index is 0.113. The van der Waals surface area contributed by atoms with Gasteiger partial charge in [0.25, 0.3) is 0 Å². The number of amides is 1. The number of sulfonamides is 1. The molecule has 2 aromatic rings. The molecule has 3 heterocycles. The molecule has 0 radical (unpaired) electrons. The fourth-order valence-corrected chi connectivity index (χ4v) is 6.54. The third-order valence-electron chi connectivity index (χ3n) is 5.68. The average Bonchev–Trinajstić information content (AvgIpc) is 3.40. The van der Waals surface area contributed by atoms with Gasteiger partial charge in [-0.15, -0.1) is 11.3 Å². The number of nitrogens with zero attached hydrogens (tertiary/aromatic N) is 2. The molecule has 1 aromatic heterocycles. The van der Waals surface area contributed by atoms with Crippen molar-refractivity contribution in [2.75, 3.05) is 19.6 Å². The van der Waals surface area contributed by atoms with Crippen LogP contribution in [0.1, 0.15) is 48.6 Å². The van der Waals surface area contributed by atoms with Crippen molar-refractivity contribution < 1.29 is 13.2 Å². The van der Waals surface area contributed by atoms with E-state index in [9.17, 15) is 13.2 Å². The van der Waals surface area contributed by atoms with Crippen molar-refractivity contribution in [2.45, 2.75) is 49.5 Å². The van der Waals surface area contributed by atoms with Crippen LogP contribution in [0.15, 0.2) is 46.7 Å². The van der Waals surface area contributed by atoms with Crippen LogP contribution in [0.4, 0.5) is 0 Å². The Bertz CT molecular complexity index is 902. The van der Waals surface area contributed by atoms with E-state index in [2.05, 4.69) is 11.4 Å². The lowest BCUT2D eigenvalue weighted by molar-refractivity contribution is -0.131. The zero-order chi connectivity index (χ0) is 19.6. The Balaban J connectivity index is 1.43. The van der Waals surface area contributed by atoms with Gasteiger partial charge in [0.2, 0.25) is 15.9 Å². The second-order valence-corrected chi connectivity index (χ2v) is 10.5. The summed E-state index contributed by atoms with van der Waals surface area (Å²) in [7, 11) is -3.42. The number of thiophene rings is 1. The highest BCUT2D eigenvalue weighted by Crippen LogP contribution is 2.34. The van der Waals surface area contributed by atoms with E-state index in [1.807, 2.05) is 11.0 Å². The highest BCUT2D eigenvalue weighted by molar-refractivity contribution is 7.89. The molecule has 0 spiro atoms. The van der Waals surface area contributed by atoms with E-state index < -0.39 is 10.0 Å².